The molecule has 7 heteroatoms. The summed E-state index contributed by atoms with van der Waals surface area (Å²) in [6.07, 6.45) is 1.42. The topological polar surface area (TPSA) is 93.8 Å². The van der Waals surface area contributed by atoms with Crippen LogP contribution in [0.25, 0.3) is 0 Å². The molecule has 0 atom stereocenters. The number of hydrazone groups is 1. The maximum absolute atomic E-state index is 12.0. The fourth-order valence-electron chi connectivity index (χ4n) is 1.57. The van der Waals surface area contributed by atoms with Gasteiger partial charge in [-0.25, -0.2) is 15.0 Å². The fourth-order valence-corrected chi connectivity index (χ4v) is 1.97. The van der Waals surface area contributed by atoms with E-state index in [4.69, 9.17) is 10.5 Å². The number of primary amides is 1. The quantitative estimate of drug-likeness (QED) is 0.379. The minimum absolute atomic E-state index is 0.407. The third kappa shape index (κ3) is 4.71. The van der Waals surface area contributed by atoms with Crippen molar-refractivity contribution in [2.45, 2.75) is 0 Å². The molecule has 2 aromatic rings. The number of rotatable bonds is 4. The zero-order valence-electron chi connectivity index (χ0n) is 11.3. The molecule has 0 fully saturated rings. The molecule has 0 saturated carbocycles. The molecule has 0 unspecified atom stereocenters. The summed E-state index contributed by atoms with van der Waals surface area (Å²) >= 11 is 3.30. The average molecular weight is 362 g/mol. The van der Waals surface area contributed by atoms with Crippen LogP contribution in [-0.4, -0.2) is 18.2 Å². The van der Waals surface area contributed by atoms with Gasteiger partial charge in [0, 0.05) is 4.47 Å². The molecule has 0 heterocycles. The van der Waals surface area contributed by atoms with Gasteiger partial charge in [-0.15, -0.1) is 0 Å². The molecular weight excluding hydrogens is 350 g/mol. The summed E-state index contributed by atoms with van der Waals surface area (Å²) in [6.45, 7) is 0. The third-order valence-electron chi connectivity index (χ3n) is 2.54. The number of benzene rings is 2. The van der Waals surface area contributed by atoms with E-state index >= 15 is 0 Å². The number of urea groups is 1. The number of halogens is 1. The lowest BCUT2D eigenvalue weighted by atomic mass is 10.2. The van der Waals surface area contributed by atoms with Crippen LogP contribution in [0, 0.1) is 0 Å². The van der Waals surface area contributed by atoms with Crippen molar-refractivity contribution in [2.24, 2.45) is 10.8 Å². The van der Waals surface area contributed by atoms with Gasteiger partial charge >= 0.3 is 12.0 Å². The van der Waals surface area contributed by atoms with E-state index < -0.39 is 12.0 Å². The van der Waals surface area contributed by atoms with E-state index in [2.05, 4.69) is 26.5 Å². The highest BCUT2D eigenvalue weighted by molar-refractivity contribution is 9.10. The Bertz CT molecular complexity index is 714. The fraction of sp³-hybridized carbons (Fsp3) is 0. The molecule has 22 heavy (non-hydrogen) atoms. The van der Waals surface area contributed by atoms with Crippen LogP contribution in [0.2, 0.25) is 0 Å². The molecule has 0 aliphatic heterocycles. The van der Waals surface area contributed by atoms with Crippen LogP contribution < -0.4 is 15.9 Å². The summed E-state index contributed by atoms with van der Waals surface area (Å²) in [5.41, 5.74) is 8.13. The summed E-state index contributed by atoms with van der Waals surface area (Å²) in [6, 6.07) is 12.8. The van der Waals surface area contributed by atoms with Gasteiger partial charge in [0.05, 0.1) is 11.8 Å². The van der Waals surface area contributed by atoms with Gasteiger partial charge in [0.1, 0.15) is 5.75 Å². The average Bonchev–Trinajstić information content (AvgIpc) is 2.48. The predicted octanol–water partition coefficient (Wildman–Crippen LogP) is 2.67. The molecule has 3 N–H and O–H groups in total. The molecule has 2 rings (SSSR count). The Morgan fingerprint density at radius 2 is 1.91 bits per heavy atom. The van der Waals surface area contributed by atoms with Crippen LogP contribution >= 0.6 is 15.9 Å². The van der Waals surface area contributed by atoms with Crippen LogP contribution in [-0.2, 0) is 0 Å². The van der Waals surface area contributed by atoms with Crippen molar-refractivity contribution in [1.29, 1.82) is 0 Å². The molecule has 0 aliphatic carbocycles. The highest BCUT2D eigenvalue weighted by atomic mass is 79.9. The normalized spacial score (nSPS) is 10.4. The van der Waals surface area contributed by atoms with E-state index in [0.717, 1.165) is 10.0 Å². The molecule has 0 saturated heterocycles. The maximum Gasteiger partial charge on any atom is 0.343 e. The van der Waals surface area contributed by atoms with Gasteiger partial charge in [-0.2, -0.15) is 5.10 Å². The summed E-state index contributed by atoms with van der Waals surface area (Å²) in [5, 5.41) is 3.63. The number of nitrogens with one attached hydrogen (secondary N) is 1. The van der Waals surface area contributed by atoms with Crippen LogP contribution in [0.15, 0.2) is 58.1 Å². The third-order valence-corrected chi connectivity index (χ3v) is 3.03. The number of nitrogens with two attached hydrogens (primary N) is 1. The van der Waals surface area contributed by atoms with Crippen molar-refractivity contribution < 1.29 is 14.3 Å². The second kappa shape index (κ2) is 7.37. The summed E-state index contributed by atoms with van der Waals surface area (Å²) < 4.78 is 6.06. The predicted molar refractivity (Wildman–Crippen MR) is 85.9 cm³/mol. The van der Waals surface area contributed by atoms with Crippen molar-refractivity contribution in [3.05, 3.63) is 64.1 Å². The van der Waals surface area contributed by atoms with Crippen molar-refractivity contribution in [3.8, 4) is 5.75 Å². The lowest BCUT2D eigenvalue weighted by molar-refractivity contribution is 0.0734. The van der Waals surface area contributed by atoms with Gasteiger partial charge in [-0.3, -0.25) is 0 Å². The van der Waals surface area contributed by atoms with E-state index in [1.54, 1.807) is 42.5 Å². The number of carbonyl (C=O) groups excluding carboxylic acids is 2. The number of carbonyl (C=O) groups is 2. The smallest absolute Gasteiger partial charge is 0.343 e. The first-order chi connectivity index (χ1) is 10.5. The van der Waals surface area contributed by atoms with E-state index in [1.165, 1.54) is 6.21 Å². The van der Waals surface area contributed by atoms with Crippen LogP contribution in [0.1, 0.15) is 15.9 Å². The standard InChI is InChI=1S/C15H12BrN3O3/c16-12-3-1-2-11(8-12)14(20)22-13-6-4-10(5-7-13)9-18-19-15(17)21/h1-9H,(H3,17,19,21)/b18-9-. The summed E-state index contributed by atoms with van der Waals surface area (Å²) in [4.78, 5) is 22.4. The second-order valence-corrected chi connectivity index (χ2v) is 5.12. The first-order valence-electron chi connectivity index (χ1n) is 6.21. The number of nitrogens with zero attached hydrogens (tertiary/aromatic N) is 1. The first-order valence-corrected chi connectivity index (χ1v) is 7.00. The molecular formula is C15H12BrN3O3. The van der Waals surface area contributed by atoms with Gasteiger partial charge in [0.15, 0.2) is 0 Å². The molecule has 2 aromatic carbocycles. The zero-order valence-corrected chi connectivity index (χ0v) is 12.9. The number of hydrogen-bond acceptors (Lipinski definition) is 4. The van der Waals surface area contributed by atoms with Gasteiger partial charge in [-0.05, 0) is 48.0 Å². The van der Waals surface area contributed by atoms with E-state index in [1.807, 2.05) is 6.07 Å². The number of amides is 2. The zero-order chi connectivity index (χ0) is 15.9. The Labute approximate surface area is 135 Å². The van der Waals surface area contributed by atoms with E-state index in [0.29, 0.717) is 11.3 Å². The van der Waals surface area contributed by atoms with Crippen molar-refractivity contribution in [2.75, 3.05) is 0 Å². The lowest BCUT2D eigenvalue weighted by Gasteiger charge is -2.05. The Morgan fingerprint density at radius 3 is 2.55 bits per heavy atom. The van der Waals surface area contributed by atoms with Gasteiger partial charge in [0.25, 0.3) is 0 Å². The molecule has 2 amide bonds. The number of hydrogen-bond donors (Lipinski definition) is 2. The second-order valence-electron chi connectivity index (χ2n) is 4.20. The monoisotopic (exact) mass is 361 g/mol. The number of esters is 1. The summed E-state index contributed by atoms with van der Waals surface area (Å²) in [7, 11) is 0. The van der Waals surface area contributed by atoms with E-state index in [9.17, 15) is 9.59 Å². The highest BCUT2D eigenvalue weighted by Crippen LogP contribution is 2.16. The van der Waals surface area contributed by atoms with Crippen LogP contribution in [0.3, 0.4) is 0 Å². The Hall–Kier alpha value is -2.67. The first kappa shape index (κ1) is 15.7. The minimum Gasteiger partial charge on any atom is -0.423 e. The highest BCUT2D eigenvalue weighted by Gasteiger charge is 2.08. The van der Waals surface area contributed by atoms with E-state index in [-0.39, 0.29) is 0 Å². The molecule has 0 bridgehead atoms. The molecule has 0 radical (unpaired) electrons. The van der Waals surface area contributed by atoms with Crippen molar-refractivity contribution in [3.63, 3.8) is 0 Å². The maximum atomic E-state index is 12.0. The molecule has 0 spiro atoms. The summed E-state index contributed by atoms with van der Waals surface area (Å²) in [5.74, 6) is -0.0388. The van der Waals surface area contributed by atoms with Crippen molar-refractivity contribution >= 4 is 34.1 Å². The van der Waals surface area contributed by atoms with Crippen LogP contribution in [0.4, 0.5) is 4.79 Å². The molecule has 0 aliphatic rings. The molecule has 6 nitrogen and oxygen atoms in total. The molecule has 0 aromatic heterocycles. The van der Waals surface area contributed by atoms with Gasteiger partial charge in [-0.1, -0.05) is 22.0 Å². The minimum atomic E-state index is -0.740. The Kier molecular flexibility index (Phi) is 5.26. The Morgan fingerprint density at radius 1 is 1.18 bits per heavy atom. The van der Waals surface area contributed by atoms with Gasteiger partial charge < -0.3 is 10.5 Å². The van der Waals surface area contributed by atoms with Gasteiger partial charge in [0.2, 0.25) is 0 Å². The number of ether oxygens (including phenoxy) is 1. The Balaban J connectivity index is 2.00. The van der Waals surface area contributed by atoms with Crippen molar-refractivity contribution in [1.82, 2.24) is 5.43 Å². The van der Waals surface area contributed by atoms with Crippen LogP contribution in [0.5, 0.6) is 5.75 Å². The largest absolute Gasteiger partial charge is 0.423 e. The lowest BCUT2D eigenvalue weighted by Crippen LogP contribution is -2.24. The SMILES string of the molecule is NC(=O)N/N=C\c1ccc(OC(=O)c2cccc(Br)c2)cc1. The molecule has 112 valence electrons.